The van der Waals surface area contributed by atoms with Crippen molar-refractivity contribution in [3.05, 3.63) is 23.3 Å². The first-order chi connectivity index (χ1) is 8.42. The van der Waals surface area contributed by atoms with Gasteiger partial charge in [-0.2, -0.15) is 0 Å². The first kappa shape index (κ1) is 13.4. The summed E-state index contributed by atoms with van der Waals surface area (Å²) in [6, 6.07) is 3.63. The topological polar surface area (TPSA) is 72.2 Å². The highest BCUT2D eigenvalue weighted by Crippen LogP contribution is 2.32. The van der Waals surface area contributed by atoms with Gasteiger partial charge in [-0.1, -0.05) is 25.0 Å². The van der Waals surface area contributed by atoms with Gasteiger partial charge in [0.25, 0.3) is 0 Å². The molecule has 4 nitrogen and oxygen atoms in total. The van der Waals surface area contributed by atoms with Crippen LogP contribution in [-0.2, 0) is 10.0 Å². The average Bonchev–Trinajstić information content (AvgIpc) is 3.07. The van der Waals surface area contributed by atoms with E-state index in [4.69, 9.17) is 5.73 Å². The molecule has 2 rings (SSSR count). The fraction of sp³-hybridized carbons (Fsp3) is 0.538. The number of benzene rings is 1. The van der Waals surface area contributed by atoms with Gasteiger partial charge in [0.15, 0.2) is 0 Å². The van der Waals surface area contributed by atoms with Crippen LogP contribution in [0, 0.1) is 19.8 Å². The van der Waals surface area contributed by atoms with E-state index in [0.717, 1.165) is 12.0 Å². The van der Waals surface area contributed by atoms with Crippen molar-refractivity contribution in [3.8, 4) is 0 Å². The van der Waals surface area contributed by atoms with Gasteiger partial charge in [-0.25, -0.2) is 13.1 Å². The molecular formula is C13H20N2O2S. The van der Waals surface area contributed by atoms with Crippen LogP contribution in [0.25, 0.3) is 0 Å². The third-order valence-electron chi connectivity index (χ3n) is 3.42. The highest BCUT2D eigenvalue weighted by molar-refractivity contribution is 7.89. The predicted molar refractivity (Wildman–Crippen MR) is 72.9 cm³/mol. The molecule has 1 aliphatic carbocycles. The molecule has 1 saturated carbocycles. The monoisotopic (exact) mass is 268 g/mol. The van der Waals surface area contributed by atoms with E-state index in [-0.39, 0.29) is 4.90 Å². The molecule has 0 aromatic heterocycles. The molecule has 18 heavy (non-hydrogen) atoms. The van der Waals surface area contributed by atoms with Crippen LogP contribution >= 0.6 is 0 Å². The highest BCUT2D eigenvalue weighted by atomic mass is 32.2. The summed E-state index contributed by atoms with van der Waals surface area (Å²) in [5.74, 6) is 0.712. The molecule has 0 spiro atoms. The van der Waals surface area contributed by atoms with Crippen molar-refractivity contribution >= 4 is 15.7 Å². The van der Waals surface area contributed by atoms with Gasteiger partial charge in [0.1, 0.15) is 4.90 Å². The van der Waals surface area contributed by atoms with E-state index >= 15 is 0 Å². The lowest BCUT2D eigenvalue weighted by atomic mass is 10.1. The summed E-state index contributed by atoms with van der Waals surface area (Å²) in [6.45, 7) is 4.09. The van der Waals surface area contributed by atoms with Crippen molar-refractivity contribution in [2.45, 2.75) is 38.0 Å². The van der Waals surface area contributed by atoms with Crippen molar-refractivity contribution in [1.82, 2.24) is 4.72 Å². The van der Waals surface area contributed by atoms with E-state index in [0.29, 0.717) is 23.7 Å². The Morgan fingerprint density at radius 3 is 2.50 bits per heavy atom. The number of nitrogens with one attached hydrogen (secondary N) is 1. The van der Waals surface area contributed by atoms with Gasteiger partial charge in [0.05, 0.1) is 5.69 Å². The Labute approximate surface area is 109 Å². The Bertz CT molecular complexity index is 548. The van der Waals surface area contributed by atoms with Crippen LogP contribution in [0.2, 0.25) is 0 Å². The Kier molecular flexibility index (Phi) is 3.64. The summed E-state index contributed by atoms with van der Waals surface area (Å²) in [7, 11) is -3.49. The van der Waals surface area contributed by atoms with E-state index in [1.165, 1.54) is 12.8 Å². The second-order valence-electron chi connectivity index (χ2n) is 5.07. The van der Waals surface area contributed by atoms with E-state index in [1.807, 2.05) is 13.0 Å². The maximum atomic E-state index is 12.2. The number of anilines is 1. The second-order valence-corrected chi connectivity index (χ2v) is 6.78. The minimum Gasteiger partial charge on any atom is -0.397 e. The zero-order valence-corrected chi connectivity index (χ0v) is 11.7. The molecule has 0 radical (unpaired) electrons. The number of nitrogen functional groups attached to an aromatic ring is 1. The lowest BCUT2D eigenvalue weighted by Gasteiger charge is -2.13. The zero-order chi connectivity index (χ0) is 13.3. The molecule has 0 amide bonds. The van der Waals surface area contributed by atoms with E-state index in [2.05, 4.69) is 4.72 Å². The fourth-order valence-corrected chi connectivity index (χ4v) is 3.51. The summed E-state index contributed by atoms with van der Waals surface area (Å²) in [5, 5.41) is 0. The third-order valence-corrected chi connectivity index (χ3v) is 5.08. The maximum absolute atomic E-state index is 12.2. The smallest absolute Gasteiger partial charge is 0.242 e. The van der Waals surface area contributed by atoms with Crippen LogP contribution in [0.1, 0.15) is 30.4 Å². The van der Waals surface area contributed by atoms with Gasteiger partial charge in [-0.15, -0.1) is 0 Å². The van der Waals surface area contributed by atoms with Crippen molar-refractivity contribution in [1.29, 1.82) is 0 Å². The second kappa shape index (κ2) is 4.90. The largest absolute Gasteiger partial charge is 0.397 e. The Balaban J connectivity index is 2.19. The van der Waals surface area contributed by atoms with Crippen LogP contribution in [0.4, 0.5) is 5.69 Å². The number of aryl methyl sites for hydroxylation is 2. The number of hydrogen-bond acceptors (Lipinski definition) is 3. The molecule has 0 atom stereocenters. The molecular weight excluding hydrogens is 248 g/mol. The molecule has 1 aliphatic rings. The van der Waals surface area contributed by atoms with Crippen molar-refractivity contribution in [3.63, 3.8) is 0 Å². The molecule has 1 aromatic carbocycles. The molecule has 1 fully saturated rings. The number of rotatable bonds is 5. The minimum atomic E-state index is -3.49. The Morgan fingerprint density at radius 2 is 1.89 bits per heavy atom. The number of hydrogen-bond donors (Lipinski definition) is 2. The van der Waals surface area contributed by atoms with Crippen LogP contribution in [0.5, 0.6) is 0 Å². The Hall–Kier alpha value is -1.07. The SMILES string of the molecule is Cc1ccc(C)c(S(=O)(=O)NCCC2CC2)c1N. The highest BCUT2D eigenvalue weighted by Gasteiger charge is 2.24. The number of nitrogens with two attached hydrogens (primary N) is 1. The molecule has 0 unspecified atom stereocenters. The standard InChI is InChI=1S/C13H20N2O2S/c1-9-3-4-10(2)13(12(9)14)18(16,17)15-8-7-11-5-6-11/h3-4,11,15H,5-8,14H2,1-2H3. The minimum absolute atomic E-state index is 0.235. The van der Waals surface area contributed by atoms with Crippen molar-refractivity contribution in [2.24, 2.45) is 5.92 Å². The zero-order valence-electron chi connectivity index (χ0n) is 10.9. The molecule has 3 N–H and O–H groups in total. The van der Waals surface area contributed by atoms with Crippen LogP contribution in [0.3, 0.4) is 0 Å². The predicted octanol–water partition coefficient (Wildman–Crippen LogP) is 1.96. The maximum Gasteiger partial charge on any atom is 0.242 e. The first-order valence-electron chi connectivity index (χ1n) is 6.27. The van der Waals surface area contributed by atoms with E-state index in [9.17, 15) is 8.42 Å². The fourth-order valence-electron chi connectivity index (χ4n) is 2.04. The Morgan fingerprint density at radius 1 is 1.28 bits per heavy atom. The normalized spacial score (nSPS) is 15.9. The summed E-state index contributed by atoms with van der Waals surface area (Å²) >= 11 is 0. The summed E-state index contributed by atoms with van der Waals surface area (Å²) in [4.78, 5) is 0.235. The van der Waals surface area contributed by atoms with Crippen LogP contribution in [-0.4, -0.2) is 15.0 Å². The first-order valence-corrected chi connectivity index (χ1v) is 7.75. The molecule has 1 aromatic rings. The van der Waals surface area contributed by atoms with Gasteiger partial charge >= 0.3 is 0 Å². The van der Waals surface area contributed by atoms with E-state index < -0.39 is 10.0 Å². The molecule has 100 valence electrons. The lowest BCUT2D eigenvalue weighted by Crippen LogP contribution is -2.26. The third kappa shape index (κ3) is 2.84. The molecule has 0 bridgehead atoms. The summed E-state index contributed by atoms with van der Waals surface area (Å²) in [6.07, 6.45) is 3.38. The molecule has 5 heteroatoms. The molecule has 0 aliphatic heterocycles. The lowest BCUT2D eigenvalue weighted by molar-refractivity contribution is 0.575. The van der Waals surface area contributed by atoms with Crippen molar-refractivity contribution < 1.29 is 8.42 Å². The van der Waals surface area contributed by atoms with Crippen molar-refractivity contribution in [2.75, 3.05) is 12.3 Å². The summed E-state index contributed by atoms with van der Waals surface area (Å²) < 4.78 is 27.1. The van der Waals surface area contributed by atoms with E-state index in [1.54, 1.807) is 13.0 Å². The average molecular weight is 268 g/mol. The van der Waals surface area contributed by atoms with Gasteiger partial charge < -0.3 is 5.73 Å². The quantitative estimate of drug-likeness (QED) is 0.802. The molecule has 0 saturated heterocycles. The van der Waals surface area contributed by atoms with Crippen LogP contribution < -0.4 is 10.5 Å². The van der Waals surface area contributed by atoms with Gasteiger partial charge in [0, 0.05) is 6.54 Å². The molecule has 0 heterocycles. The van der Waals surface area contributed by atoms with Crippen LogP contribution in [0.15, 0.2) is 17.0 Å². The summed E-state index contributed by atoms with van der Waals surface area (Å²) in [5.41, 5.74) is 7.74. The van der Waals surface area contributed by atoms with Gasteiger partial charge in [-0.3, -0.25) is 0 Å². The number of sulfonamides is 1. The van der Waals surface area contributed by atoms with Gasteiger partial charge in [0.2, 0.25) is 10.0 Å². The van der Waals surface area contributed by atoms with Gasteiger partial charge in [-0.05, 0) is 37.3 Å².